The molecule has 8 aromatic carbocycles. The van der Waals surface area contributed by atoms with Crippen LogP contribution in [0.5, 0.6) is 0 Å². The molecule has 11 rings (SSSR count). The Labute approximate surface area is 309 Å². The summed E-state index contributed by atoms with van der Waals surface area (Å²) in [6, 6.07) is 60.4. The van der Waals surface area contributed by atoms with Crippen LogP contribution < -0.4 is 0 Å². The van der Waals surface area contributed by atoms with Gasteiger partial charge in [-0.15, -0.1) is 0 Å². The van der Waals surface area contributed by atoms with Crippen LogP contribution in [0.15, 0.2) is 185 Å². The van der Waals surface area contributed by atoms with Crippen molar-refractivity contribution in [1.29, 1.82) is 0 Å². The Morgan fingerprint density at radius 3 is 1.72 bits per heavy atom. The Hall–Kier alpha value is -7.37. The van der Waals surface area contributed by atoms with Crippen molar-refractivity contribution in [3.8, 4) is 56.4 Å². The first-order valence-electron chi connectivity index (χ1n) is 18.0. The molecule has 3 aromatic heterocycles. The maximum atomic E-state index is 6.76. The van der Waals surface area contributed by atoms with Gasteiger partial charge in [0.2, 0.25) is 0 Å². The maximum Gasteiger partial charge on any atom is 0.167 e. The maximum absolute atomic E-state index is 6.76. The number of rotatable bonds is 5. The van der Waals surface area contributed by atoms with E-state index in [9.17, 15) is 0 Å². The predicted molar refractivity (Wildman–Crippen MR) is 219 cm³/mol. The van der Waals surface area contributed by atoms with Gasteiger partial charge in [0.1, 0.15) is 22.3 Å². The molecular weight excluding hydrogens is 663 g/mol. The van der Waals surface area contributed by atoms with Crippen molar-refractivity contribution in [2.75, 3.05) is 0 Å². The third kappa shape index (κ3) is 4.90. The molecule has 0 bridgehead atoms. The SMILES string of the molecule is c1ccc(-c2ccc(-c3nc(-c4cccc5c4oc4c6ccccc6ccc54)nc(-c4cccc5oc6ccc(-c7ccccc7)cc6c45)n3)cc2)cc1. The predicted octanol–water partition coefficient (Wildman–Crippen LogP) is 13.2. The molecule has 0 saturated carbocycles. The molecule has 0 N–H and O–H groups in total. The number of hydrogen-bond acceptors (Lipinski definition) is 5. The van der Waals surface area contributed by atoms with Gasteiger partial charge in [0.25, 0.3) is 0 Å². The van der Waals surface area contributed by atoms with Crippen LogP contribution in [0.25, 0.3) is 111 Å². The molecule has 0 unspecified atom stereocenters. The molecule has 0 saturated heterocycles. The summed E-state index contributed by atoms with van der Waals surface area (Å²) < 4.78 is 13.2. The van der Waals surface area contributed by atoms with Gasteiger partial charge in [0.15, 0.2) is 17.5 Å². The molecule has 0 aliphatic rings. The highest BCUT2D eigenvalue weighted by Gasteiger charge is 2.21. The van der Waals surface area contributed by atoms with E-state index in [1.54, 1.807) is 0 Å². The summed E-state index contributed by atoms with van der Waals surface area (Å²) in [5.74, 6) is 1.66. The average Bonchev–Trinajstić information content (AvgIpc) is 3.83. The van der Waals surface area contributed by atoms with E-state index in [1.807, 2.05) is 42.5 Å². The van der Waals surface area contributed by atoms with Gasteiger partial charge in [-0.2, -0.15) is 0 Å². The van der Waals surface area contributed by atoms with E-state index >= 15 is 0 Å². The van der Waals surface area contributed by atoms with Crippen LogP contribution in [0.1, 0.15) is 0 Å². The Bertz CT molecular complexity index is 3200. The van der Waals surface area contributed by atoms with Crippen LogP contribution in [0.2, 0.25) is 0 Å². The fourth-order valence-corrected chi connectivity index (χ4v) is 7.71. The zero-order valence-electron chi connectivity index (χ0n) is 28.9. The molecule has 0 atom stereocenters. The molecular formula is C49H29N3O2. The van der Waals surface area contributed by atoms with Gasteiger partial charge in [-0.3, -0.25) is 0 Å². The third-order valence-electron chi connectivity index (χ3n) is 10.4. The first-order chi connectivity index (χ1) is 26.7. The van der Waals surface area contributed by atoms with E-state index in [1.165, 1.54) is 0 Å². The van der Waals surface area contributed by atoms with Crippen LogP contribution >= 0.6 is 0 Å². The van der Waals surface area contributed by atoms with E-state index in [2.05, 4.69) is 133 Å². The lowest BCUT2D eigenvalue weighted by Gasteiger charge is -2.10. The van der Waals surface area contributed by atoms with Crippen molar-refractivity contribution >= 4 is 54.6 Å². The quantitative estimate of drug-likeness (QED) is 0.180. The molecule has 5 nitrogen and oxygen atoms in total. The van der Waals surface area contributed by atoms with Gasteiger partial charge < -0.3 is 8.83 Å². The van der Waals surface area contributed by atoms with Gasteiger partial charge >= 0.3 is 0 Å². The Morgan fingerprint density at radius 1 is 0.315 bits per heavy atom. The number of nitrogens with zero attached hydrogens (tertiary/aromatic N) is 3. The molecule has 3 heterocycles. The van der Waals surface area contributed by atoms with Gasteiger partial charge in [-0.1, -0.05) is 146 Å². The third-order valence-corrected chi connectivity index (χ3v) is 10.4. The monoisotopic (exact) mass is 691 g/mol. The molecule has 0 radical (unpaired) electrons. The minimum atomic E-state index is 0.533. The summed E-state index contributed by atoms with van der Waals surface area (Å²) in [5, 5.41) is 6.23. The molecule has 5 heteroatoms. The molecule has 0 spiro atoms. The highest BCUT2D eigenvalue weighted by molar-refractivity contribution is 6.17. The lowest BCUT2D eigenvalue weighted by atomic mass is 10.0. The second-order valence-electron chi connectivity index (χ2n) is 13.6. The molecule has 0 amide bonds. The van der Waals surface area contributed by atoms with E-state index < -0.39 is 0 Å². The largest absolute Gasteiger partial charge is 0.456 e. The summed E-state index contributed by atoms with van der Waals surface area (Å²) in [7, 11) is 0. The Balaban J connectivity index is 1.15. The zero-order valence-corrected chi connectivity index (χ0v) is 28.9. The van der Waals surface area contributed by atoms with E-state index in [4.69, 9.17) is 23.8 Å². The second kappa shape index (κ2) is 12.1. The zero-order chi connectivity index (χ0) is 35.6. The molecule has 0 aliphatic heterocycles. The molecule has 0 aliphatic carbocycles. The van der Waals surface area contributed by atoms with Crippen molar-refractivity contribution in [3.05, 3.63) is 176 Å². The van der Waals surface area contributed by atoms with Gasteiger partial charge in [0, 0.05) is 38.1 Å². The minimum Gasteiger partial charge on any atom is -0.456 e. The number of fused-ring (bicyclic) bond motifs is 8. The lowest BCUT2D eigenvalue weighted by molar-refractivity contribution is 0.669. The molecule has 54 heavy (non-hydrogen) atoms. The van der Waals surface area contributed by atoms with Gasteiger partial charge in [-0.25, -0.2) is 15.0 Å². The average molecular weight is 692 g/mol. The summed E-state index contributed by atoms with van der Waals surface area (Å²) in [6.45, 7) is 0. The Morgan fingerprint density at radius 2 is 0.907 bits per heavy atom. The number of furan rings is 2. The van der Waals surface area contributed by atoms with Crippen LogP contribution in [-0.2, 0) is 0 Å². The summed E-state index contributed by atoms with van der Waals surface area (Å²) in [5.41, 5.74) is 10.3. The van der Waals surface area contributed by atoms with Gasteiger partial charge in [-0.05, 0) is 58.0 Å². The number of para-hydroxylation sites is 1. The first-order valence-corrected chi connectivity index (χ1v) is 18.0. The summed E-state index contributed by atoms with van der Waals surface area (Å²) in [4.78, 5) is 15.6. The number of aromatic nitrogens is 3. The smallest absolute Gasteiger partial charge is 0.167 e. The van der Waals surface area contributed by atoms with Gasteiger partial charge in [0.05, 0.1) is 5.56 Å². The van der Waals surface area contributed by atoms with E-state index in [0.29, 0.717) is 17.5 Å². The second-order valence-corrected chi connectivity index (χ2v) is 13.6. The molecule has 11 aromatic rings. The fraction of sp³-hybridized carbons (Fsp3) is 0. The van der Waals surface area contributed by atoms with Crippen molar-refractivity contribution in [3.63, 3.8) is 0 Å². The van der Waals surface area contributed by atoms with E-state index in [-0.39, 0.29) is 0 Å². The topological polar surface area (TPSA) is 65.0 Å². The number of benzene rings is 8. The highest BCUT2D eigenvalue weighted by Crippen LogP contribution is 2.41. The van der Waals surface area contributed by atoms with Crippen molar-refractivity contribution < 1.29 is 8.83 Å². The standard InChI is InChI=1S/C49H29N3O2/c1-3-11-30(12-4-1)32-21-23-34(24-22-32)47-50-48(39-18-10-20-43-44(39)41-29-35(26-28-42(41)53-43)31-13-5-2-6-14-31)52-49(51-47)40-19-9-17-37-38-27-25-33-15-7-8-16-36(33)45(38)54-46(37)40/h1-29H. The van der Waals surface area contributed by atoms with Crippen LogP contribution in [0.3, 0.4) is 0 Å². The number of hydrogen-bond donors (Lipinski definition) is 0. The van der Waals surface area contributed by atoms with Crippen LogP contribution in [0.4, 0.5) is 0 Å². The first kappa shape index (κ1) is 30.3. The molecule has 252 valence electrons. The van der Waals surface area contributed by atoms with E-state index in [0.717, 1.165) is 93.6 Å². The highest BCUT2D eigenvalue weighted by atomic mass is 16.3. The summed E-state index contributed by atoms with van der Waals surface area (Å²) in [6.07, 6.45) is 0. The van der Waals surface area contributed by atoms with Crippen molar-refractivity contribution in [1.82, 2.24) is 15.0 Å². The Kier molecular flexibility index (Phi) is 6.79. The van der Waals surface area contributed by atoms with Crippen LogP contribution in [0, 0.1) is 0 Å². The normalized spacial score (nSPS) is 11.7. The molecule has 0 fully saturated rings. The van der Waals surface area contributed by atoms with Crippen molar-refractivity contribution in [2.24, 2.45) is 0 Å². The van der Waals surface area contributed by atoms with Crippen molar-refractivity contribution in [2.45, 2.75) is 0 Å². The van der Waals surface area contributed by atoms with Crippen LogP contribution in [-0.4, -0.2) is 15.0 Å². The summed E-state index contributed by atoms with van der Waals surface area (Å²) >= 11 is 0. The lowest BCUT2D eigenvalue weighted by Crippen LogP contribution is -2.00. The fourth-order valence-electron chi connectivity index (χ4n) is 7.71. The minimum absolute atomic E-state index is 0.533.